The van der Waals surface area contributed by atoms with Crippen molar-refractivity contribution in [2.24, 2.45) is 0 Å². The summed E-state index contributed by atoms with van der Waals surface area (Å²) in [5.41, 5.74) is 4.12. The highest BCUT2D eigenvalue weighted by Gasteiger charge is 2.23. The number of nitrogens with zero attached hydrogens (tertiary/aromatic N) is 1. The summed E-state index contributed by atoms with van der Waals surface area (Å²) >= 11 is 0. The van der Waals surface area contributed by atoms with E-state index in [1.165, 1.54) is 11.1 Å². The Balaban J connectivity index is 1.55. The molecule has 2 N–H and O–H groups in total. The van der Waals surface area contributed by atoms with Crippen LogP contribution in [0, 0.1) is 6.92 Å². The molecule has 0 saturated carbocycles. The zero-order valence-electron chi connectivity index (χ0n) is 19.6. The summed E-state index contributed by atoms with van der Waals surface area (Å²) in [6.07, 6.45) is 0. The number of amides is 2. The second-order valence-electron chi connectivity index (χ2n) is 9.39. The van der Waals surface area contributed by atoms with Crippen molar-refractivity contribution in [1.82, 2.24) is 15.5 Å². The number of hydrogen-bond acceptors (Lipinski definition) is 4. The van der Waals surface area contributed by atoms with Gasteiger partial charge in [0.15, 0.2) is 0 Å². The summed E-state index contributed by atoms with van der Waals surface area (Å²) < 4.78 is 5.49. The fraction of sp³-hybridized carbons (Fsp3) is 0.462. The minimum Gasteiger partial charge on any atom is -0.379 e. The van der Waals surface area contributed by atoms with E-state index in [1.54, 1.807) is 12.1 Å². The molecule has 0 aliphatic carbocycles. The van der Waals surface area contributed by atoms with Crippen LogP contribution in [0.4, 0.5) is 0 Å². The zero-order chi connectivity index (χ0) is 23.1. The lowest BCUT2D eigenvalue weighted by Gasteiger charge is -2.35. The highest BCUT2D eigenvalue weighted by atomic mass is 16.5. The van der Waals surface area contributed by atoms with E-state index in [-0.39, 0.29) is 29.8 Å². The van der Waals surface area contributed by atoms with Crippen LogP contribution < -0.4 is 10.6 Å². The first kappa shape index (κ1) is 24.0. The third kappa shape index (κ3) is 6.65. The van der Waals surface area contributed by atoms with E-state index in [9.17, 15) is 9.59 Å². The Labute approximate surface area is 191 Å². The molecule has 2 amide bonds. The molecule has 1 saturated heterocycles. The minimum atomic E-state index is -0.246. The molecule has 0 bridgehead atoms. The second-order valence-corrected chi connectivity index (χ2v) is 9.39. The molecule has 1 atom stereocenters. The van der Waals surface area contributed by atoms with E-state index in [2.05, 4.69) is 61.4 Å². The van der Waals surface area contributed by atoms with Crippen molar-refractivity contribution in [2.45, 2.75) is 39.2 Å². The zero-order valence-corrected chi connectivity index (χ0v) is 19.6. The molecule has 0 aromatic heterocycles. The first-order chi connectivity index (χ1) is 15.2. The Kier molecular flexibility index (Phi) is 8.04. The van der Waals surface area contributed by atoms with Crippen LogP contribution in [0.15, 0.2) is 48.5 Å². The van der Waals surface area contributed by atoms with Gasteiger partial charge in [0.25, 0.3) is 5.91 Å². The number of aryl methyl sites for hydroxylation is 1. The largest absolute Gasteiger partial charge is 0.379 e. The van der Waals surface area contributed by atoms with Gasteiger partial charge in [0.1, 0.15) is 0 Å². The number of nitrogens with one attached hydrogen (secondary N) is 2. The van der Waals surface area contributed by atoms with E-state index < -0.39 is 0 Å². The molecule has 172 valence electrons. The van der Waals surface area contributed by atoms with Crippen LogP contribution in [0.1, 0.15) is 53.9 Å². The molecule has 2 aromatic rings. The van der Waals surface area contributed by atoms with Gasteiger partial charge in [-0.3, -0.25) is 14.5 Å². The van der Waals surface area contributed by atoms with Crippen LogP contribution in [-0.4, -0.2) is 56.1 Å². The van der Waals surface area contributed by atoms with E-state index in [1.807, 2.05) is 18.2 Å². The average molecular weight is 438 g/mol. The Morgan fingerprint density at radius 3 is 2.34 bits per heavy atom. The molecule has 0 spiro atoms. The number of rotatable bonds is 7. The van der Waals surface area contributed by atoms with Crippen LogP contribution in [0.25, 0.3) is 0 Å². The fourth-order valence-electron chi connectivity index (χ4n) is 3.88. The Morgan fingerprint density at radius 2 is 1.72 bits per heavy atom. The number of morpholine rings is 1. The lowest BCUT2D eigenvalue weighted by molar-refractivity contribution is -0.120. The van der Waals surface area contributed by atoms with Crippen LogP contribution >= 0.6 is 0 Å². The van der Waals surface area contributed by atoms with Crippen molar-refractivity contribution in [3.63, 3.8) is 0 Å². The molecular weight excluding hydrogens is 402 g/mol. The van der Waals surface area contributed by atoms with Crippen LogP contribution in [0.5, 0.6) is 0 Å². The maximum Gasteiger partial charge on any atom is 0.251 e. The van der Waals surface area contributed by atoms with Gasteiger partial charge in [-0.15, -0.1) is 0 Å². The normalized spacial score (nSPS) is 15.8. The summed E-state index contributed by atoms with van der Waals surface area (Å²) in [4.78, 5) is 27.3. The molecule has 6 nitrogen and oxygen atoms in total. The predicted molar refractivity (Wildman–Crippen MR) is 127 cm³/mol. The average Bonchev–Trinajstić information content (AvgIpc) is 2.78. The van der Waals surface area contributed by atoms with Gasteiger partial charge in [0.2, 0.25) is 5.91 Å². The van der Waals surface area contributed by atoms with E-state index in [0.717, 1.165) is 18.7 Å². The molecular formula is C26H35N3O3. The van der Waals surface area contributed by atoms with Crippen molar-refractivity contribution >= 4 is 11.8 Å². The van der Waals surface area contributed by atoms with Gasteiger partial charge in [-0.1, -0.05) is 62.7 Å². The van der Waals surface area contributed by atoms with Crippen molar-refractivity contribution in [2.75, 3.05) is 39.4 Å². The number of carbonyl (C=O) groups is 2. The summed E-state index contributed by atoms with van der Waals surface area (Å²) in [7, 11) is 0. The first-order valence-electron chi connectivity index (χ1n) is 11.3. The molecule has 1 fully saturated rings. The van der Waals surface area contributed by atoms with Crippen LogP contribution in [0.3, 0.4) is 0 Å². The van der Waals surface area contributed by atoms with Gasteiger partial charge in [0, 0.05) is 25.2 Å². The second kappa shape index (κ2) is 10.7. The topological polar surface area (TPSA) is 70.7 Å². The molecule has 2 aromatic carbocycles. The third-order valence-electron chi connectivity index (χ3n) is 5.83. The smallest absolute Gasteiger partial charge is 0.251 e. The van der Waals surface area contributed by atoms with Gasteiger partial charge in [-0.05, 0) is 35.6 Å². The Hall–Kier alpha value is -2.70. The number of carbonyl (C=O) groups excluding carboxylic acids is 2. The summed E-state index contributed by atoms with van der Waals surface area (Å²) in [6, 6.07) is 16.0. The molecule has 6 heteroatoms. The van der Waals surface area contributed by atoms with Crippen LogP contribution in [-0.2, 0) is 14.9 Å². The molecule has 32 heavy (non-hydrogen) atoms. The van der Waals surface area contributed by atoms with Crippen molar-refractivity contribution in [3.8, 4) is 0 Å². The molecule has 1 unspecified atom stereocenters. The third-order valence-corrected chi connectivity index (χ3v) is 5.83. The maximum atomic E-state index is 12.5. The van der Waals surface area contributed by atoms with E-state index in [4.69, 9.17) is 4.74 Å². The highest BCUT2D eigenvalue weighted by molar-refractivity contribution is 5.96. The summed E-state index contributed by atoms with van der Waals surface area (Å²) in [5, 5.41) is 5.72. The predicted octanol–water partition coefficient (Wildman–Crippen LogP) is 3.21. The van der Waals surface area contributed by atoms with Crippen molar-refractivity contribution in [1.29, 1.82) is 0 Å². The molecule has 1 heterocycles. The molecule has 1 aliphatic rings. The number of ether oxygens (including phenoxy) is 1. The van der Waals surface area contributed by atoms with Crippen molar-refractivity contribution in [3.05, 3.63) is 70.8 Å². The highest BCUT2D eigenvalue weighted by Crippen LogP contribution is 2.23. The van der Waals surface area contributed by atoms with Crippen LogP contribution in [0.2, 0.25) is 0 Å². The van der Waals surface area contributed by atoms with Crippen molar-refractivity contribution < 1.29 is 14.3 Å². The van der Waals surface area contributed by atoms with Gasteiger partial charge in [-0.2, -0.15) is 0 Å². The fourth-order valence-corrected chi connectivity index (χ4v) is 3.88. The van der Waals surface area contributed by atoms with E-state index >= 15 is 0 Å². The van der Waals surface area contributed by atoms with Gasteiger partial charge < -0.3 is 15.4 Å². The lowest BCUT2D eigenvalue weighted by atomic mass is 9.87. The summed E-state index contributed by atoms with van der Waals surface area (Å²) in [6.45, 7) is 11.9. The standard InChI is InChI=1S/C26H35N3O3/c1-19-6-5-7-21(16-19)23(29-12-14-32-15-13-29)17-27-24(30)18-28-25(31)20-8-10-22(11-9-20)26(2,3)4/h5-11,16,23H,12-15,17-18H2,1-4H3,(H,27,30)(H,28,31). The first-order valence-corrected chi connectivity index (χ1v) is 11.3. The lowest BCUT2D eigenvalue weighted by Crippen LogP contribution is -2.45. The minimum absolute atomic E-state index is 0.0310. The summed E-state index contributed by atoms with van der Waals surface area (Å²) in [5.74, 6) is -0.445. The van der Waals surface area contributed by atoms with Gasteiger partial charge in [0.05, 0.1) is 25.8 Å². The molecule has 1 aliphatic heterocycles. The van der Waals surface area contributed by atoms with Gasteiger partial charge in [-0.25, -0.2) is 0 Å². The SMILES string of the molecule is Cc1cccc(C(CNC(=O)CNC(=O)c2ccc(C(C)(C)C)cc2)N2CCOCC2)c1. The quantitative estimate of drug-likeness (QED) is 0.698. The Morgan fingerprint density at radius 1 is 1.03 bits per heavy atom. The number of hydrogen-bond donors (Lipinski definition) is 2. The number of benzene rings is 2. The molecule has 3 rings (SSSR count). The van der Waals surface area contributed by atoms with Gasteiger partial charge >= 0.3 is 0 Å². The Bertz CT molecular complexity index is 913. The monoisotopic (exact) mass is 437 g/mol. The maximum absolute atomic E-state index is 12.5. The van der Waals surface area contributed by atoms with E-state index in [0.29, 0.717) is 25.3 Å². The molecule has 0 radical (unpaired) electrons.